The minimum Gasteiger partial charge on any atom is -0.395 e. The second kappa shape index (κ2) is 5.91. The molecule has 1 unspecified atom stereocenters. The van der Waals surface area contributed by atoms with Crippen molar-refractivity contribution in [2.45, 2.75) is 12.6 Å². The van der Waals surface area contributed by atoms with Crippen molar-refractivity contribution >= 4 is 15.9 Å². The molecule has 1 aromatic carbocycles. The minimum atomic E-state index is -0.253. The Hall–Kier alpha value is -0.490. The van der Waals surface area contributed by atoms with E-state index in [0.717, 1.165) is 12.1 Å². The summed E-state index contributed by atoms with van der Waals surface area (Å²) in [4.78, 5) is 2.11. The molecule has 0 aromatic heterocycles. The first-order valence-corrected chi connectivity index (χ1v) is 6.37. The number of hydrogen-bond donors (Lipinski definition) is 1. The van der Waals surface area contributed by atoms with Crippen LogP contribution in [-0.2, 0) is 11.3 Å². The maximum absolute atomic E-state index is 13.4. The molecule has 3 nitrogen and oxygen atoms in total. The van der Waals surface area contributed by atoms with Gasteiger partial charge in [-0.2, -0.15) is 0 Å². The van der Waals surface area contributed by atoms with Crippen molar-refractivity contribution in [1.82, 2.24) is 4.90 Å². The topological polar surface area (TPSA) is 32.7 Å². The van der Waals surface area contributed by atoms with Crippen molar-refractivity contribution in [2.75, 3.05) is 26.4 Å². The molecule has 0 aliphatic carbocycles. The van der Waals surface area contributed by atoms with Crippen LogP contribution in [0.15, 0.2) is 22.7 Å². The lowest BCUT2D eigenvalue weighted by Gasteiger charge is -2.34. The van der Waals surface area contributed by atoms with E-state index in [1.165, 1.54) is 6.07 Å². The largest absolute Gasteiger partial charge is 0.395 e. The molecular formula is C12H15BrFNO2. The molecule has 0 bridgehead atoms. The molecule has 0 amide bonds. The van der Waals surface area contributed by atoms with Crippen LogP contribution in [0, 0.1) is 5.82 Å². The summed E-state index contributed by atoms with van der Waals surface area (Å²) in [5.41, 5.74) is 0.894. The van der Waals surface area contributed by atoms with Crippen LogP contribution < -0.4 is 0 Å². The van der Waals surface area contributed by atoms with Crippen LogP contribution in [0.1, 0.15) is 5.56 Å². The fourth-order valence-electron chi connectivity index (χ4n) is 1.95. The zero-order valence-electron chi connectivity index (χ0n) is 9.40. The molecule has 1 saturated heterocycles. The maximum Gasteiger partial charge on any atom is 0.137 e. The van der Waals surface area contributed by atoms with Gasteiger partial charge in [-0.25, -0.2) is 4.39 Å². The molecule has 1 atom stereocenters. The van der Waals surface area contributed by atoms with E-state index in [9.17, 15) is 9.50 Å². The molecule has 2 rings (SSSR count). The summed E-state index contributed by atoms with van der Waals surface area (Å²) in [5, 5.41) is 9.26. The first-order chi connectivity index (χ1) is 8.22. The average molecular weight is 304 g/mol. The summed E-state index contributed by atoms with van der Waals surface area (Å²) in [7, 11) is 0. The number of nitrogens with zero attached hydrogens (tertiary/aromatic N) is 1. The molecule has 1 fully saturated rings. The molecular weight excluding hydrogens is 289 g/mol. The lowest BCUT2D eigenvalue weighted by atomic mass is 10.1. The summed E-state index contributed by atoms with van der Waals surface area (Å²) in [6.07, 6.45) is 0. The molecule has 1 heterocycles. The van der Waals surface area contributed by atoms with Gasteiger partial charge in [0.2, 0.25) is 0 Å². The van der Waals surface area contributed by atoms with E-state index in [4.69, 9.17) is 4.74 Å². The van der Waals surface area contributed by atoms with Crippen LogP contribution in [-0.4, -0.2) is 42.4 Å². The Bertz CT molecular complexity index is 389. The SMILES string of the molecule is OCC1COCCN1Cc1cccc(F)c1Br. The van der Waals surface area contributed by atoms with Gasteiger partial charge in [0, 0.05) is 13.1 Å². The Morgan fingerprint density at radius 1 is 1.53 bits per heavy atom. The summed E-state index contributed by atoms with van der Waals surface area (Å²) in [6.45, 7) is 2.63. The number of morpholine rings is 1. The zero-order valence-corrected chi connectivity index (χ0v) is 11.0. The lowest BCUT2D eigenvalue weighted by molar-refractivity contribution is -0.0313. The third-order valence-electron chi connectivity index (χ3n) is 2.97. The fourth-order valence-corrected chi connectivity index (χ4v) is 2.34. The number of rotatable bonds is 3. The van der Waals surface area contributed by atoms with Gasteiger partial charge in [0.25, 0.3) is 0 Å². The van der Waals surface area contributed by atoms with Gasteiger partial charge in [0.05, 0.1) is 30.3 Å². The fraction of sp³-hybridized carbons (Fsp3) is 0.500. The molecule has 94 valence electrons. The quantitative estimate of drug-likeness (QED) is 0.924. The summed E-state index contributed by atoms with van der Waals surface area (Å²) >= 11 is 3.25. The van der Waals surface area contributed by atoms with Crippen molar-refractivity contribution in [3.8, 4) is 0 Å². The van der Waals surface area contributed by atoms with Crippen molar-refractivity contribution in [2.24, 2.45) is 0 Å². The van der Waals surface area contributed by atoms with Crippen LogP contribution in [0.25, 0.3) is 0 Å². The average Bonchev–Trinajstić information content (AvgIpc) is 2.35. The van der Waals surface area contributed by atoms with Gasteiger partial charge < -0.3 is 9.84 Å². The highest BCUT2D eigenvalue weighted by Gasteiger charge is 2.23. The molecule has 17 heavy (non-hydrogen) atoms. The number of halogens is 2. The first-order valence-electron chi connectivity index (χ1n) is 5.58. The zero-order chi connectivity index (χ0) is 12.3. The van der Waals surface area contributed by atoms with E-state index in [2.05, 4.69) is 20.8 Å². The lowest BCUT2D eigenvalue weighted by Crippen LogP contribution is -2.46. The van der Waals surface area contributed by atoms with Crippen LogP contribution in [0.5, 0.6) is 0 Å². The Labute approximate surface area is 108 Å². The van der Waals surface area contributed by atoms with E-state index < -0.39 is 0 Å². The van der Waals surface area contributed by atoms with Gasteiger partial charge in [-0.1, -0.05) is 12.1 Å². The number of aliphatic hydroxyl groups is 1. The number of ether oxygens (including phenoxy) is 1. The van der Waals surface area contributed by atoms with E-state index in [-0.39, 0.29) is 18.5 Å². The van der Waals surface area contributed by atoms with Gasteiger partial charge in [-0.05, 0) is 27.6 Å². The standard InChI is InChI=1S/C12H15BrFNO2/c13-12-9(2-1-3-11(12)14)6-15-4-5-17-8-10(15)7-16/h1-3,10,16H,4-8H2. The normalized spacial score (nSPS) is 21.7. The van der Waals surface area contributed by atoms with Crippen molar-refractivity contribution in [3.63, 3.8) is 0 Å². The van der Waals surface area contributed by atoms with E-state index in [1.807, 2.05) is 6.07 Å². The van der Waals surface area contributed by atoms with Gasteiger partial charge in [-0.15, -0.1) is 0 Å². The van der Waals surface area contributed by atoms with Crippen LogP contribution >= 0.6 is 15.9 Å². The highest BCUT2D eigenvalue weighted by molar-refractivity contribution is 9.10. The number of hydrogen-bond acceptors (Lipinski definition) is 3. The van der Waals surface area contributed by atoms with Gasteiger partial charge in [-0.3, -0.25) is 4.90 Å². The van der Waals surface area contributed by atoms with Gasteiger partial charge in [0.15, 0.2) is 0 Å². The summed E-state index contributed by atoms with van der Waals surface area (Å²) < 4.78 is 19.2. The van der Waals surface area contributed by atoms with Crippen molar-refractivity contribution in [3.05, 3.63) is 34.1 Å². The third kappa shape index (κ3) is 3.04. The number of aliphatic hydroxyl groups excluding tert-OH is 1. The number of benzene rings is 1. The second-order valence-corrected chi connectivity index (χ2v) is 4.89. The summed E-state index contributed by atoms with van der Waals surface area (Å²) in [5.74, 6) is -0.253. The Morgan fingerprint density at radius 2 is 2.35 bits per heavy atom. The Morgan fingerprint density at radius 3 is 3.12 bits per heavy atom. The molecule has 1 aliphatic rings. The van der Waals surface area contributed by atoms with Crippen LogP contribution in [0.2, 0.25) is 0 Å². The monoisotopic (exact) mass is 303 g/mol. The minimum absolute atomic E-state index is 0.00100. The molecule has 0 spiro atoms. The molecule has 5 heteroatoms. The van der Waals surface area contributed by atoms with E-state index in [1.54, 1.807) is 6.07 Å². The van der Waals surface area contributed by atoms with Gasteiger partial charge >= 0.3 is 0 Å². The van der Waals surface area contributed by atoms with Crippen molar-refractivity contribution in [1.29, 1.82) is 0 Å². The predicted octanol–water partition coefficient (Wildman–Crippen LogP) is 1.78. The molecule has 1 aliphatic heterocycles. The van der Waals surface area contributed by atoms with E-state index in [0.29, 0.717) is 24.2 Å². The molecule has 1 aromatic rings. The van der Waals surface area contributed by atoms with Gasteiger partial charge in [0.1, 0.15) is 5.82 Å². The van der Waals surface area contributed by atoms with Crippen molar-refractivity contribution < 1.29 is 14.2 Å². The molecule has 0 radical (unpaired) electrons. The maximum atomic E-state index is 13.4. The second-order valence-electron chi connectivity index (χ2n) is 4.09. The van der Waals surface area contributed by atoms with Crippen LogP contribution in [0.4, 0.5) is 4.39 Å². The predicted molar refractivity (Wildman–Crippen MR) is 66.2 cm³/mol. The highest BCUT2D eigenvalue weighted by Crippen LogP contribution is 2.23. The highest BCUT2D eigenvalue weighted by atomic mass is 79.9. The molecule has 1 N–H and O–H groups in total. The first kappa shape index (κ1) is 13.0. The smallest absolute Gasteiger partial charge is 0.137 e. The third-order valence-corrected chi connectivity index (χ3v) is 3.85. The summed E-state index contributed by atoms with van der Waals surface area (Å²) in [6, 6.07) is 5.01. The van der Waals surface area contributed by atoms with Crippen LogP contribution in [0.3, 0.4) is 0 Å². The Balaban J connectivity index is 2.11. The Kier molecular flexibility index (Phi) is 4.50. The van der Waals surface area contributed by atoms with E-state index >= 15 is 0 Å². The molecule has 0 saturated carbocycles.